The number of methoxy groups -OCH3 is 2. The average molecular weight is 309 g/mol. The molecule has 22 heavy (non-hydrogen) atoms. The lowest BCUT2D eigenvalue weighted by Crippen LogP contribution is -2.45. The molecule has 8 heteroatoms. The van der Waals surface area contributed by atoms with Crippen LogP contribution in [-0.2, 0) is 19.1 Å². The molecule has 1 aliphatic rings. The largest absolute Gasteiger partial charge is 0.486 e. The number of esters is 2. The molecule has 0 spiro atoms. The molecular weight excluding hydrogens is 294 g/mol. The van der Waals surface area contributed by atoms with Gasteiger partial charge in [-0.15, -0.1) is 0 Å². The van der Waals surface area contributed by atoms with Crippen molar-refractivity contribution in [2.75, 3.05) is 20.8 Å². The number of hydrogen-bond donors (Lipinski definition) is 0. The number of hydrogen-bond acceptors (Lipinski definition) is 7. The second kappa shape index (κ2) is 6.42. The van der Waals surface area contributed by atoms with Gasteiger partial charge in [-0.1, -0.05) is 18.2 Å². The van der Waals surface area contributed by atoms with E-state index < -0.39 is 34.7 Å². The molecule has 2 rings (SSSR count). The Morgan fingerprint density at radius 1 is 1.27 bits per heavy atom. The van der Waals surface area contributed by atoms with Crippen LogP contribution in [0.3, 0.4) is 0 Å². The first-order chi connectivity index (χ1) is 10.5. The molecule has 1 heterocycles. The number of benzene rings is 1. The Labute approximate surface area is 126 Å². The highest BCUT2D eigenvalue weighted by Crippen LogP contribution is 2.40. The van der Waals surface area contributed by atoms with Crippen molar-refractivity contribution >= 4 is 11.9 Å². The summed E-state index contributed by atoms with van der Waals surface area (Å²) in [6, 6.07) is 5.33. The third-order valence-electron chi connectivity index (χ3n) is 3.64. The van der Waals surface area contributed by atoms with Gasteiger partial charge in [0.2, 0.25) is 0 Å². The Balaban J connectivity index is 2.56. The molecule has 8 nitrogen and oxygen atoms in total. The molecule has 0 aromatic heterocycles. The average Bonchev–Trinajstić information content (AvgIpc) is 2.54. The van der Waals surface area contributed by atoms with Gasteiger partial charge in [-0.2, -0.15) is 0 Å². The molecule has 1 aliphatic heterocycles. The lowest BCUT2D eigenvalue weighted by molar-refractivity contribution is -0.531. The lowest BCUT2D eigenvalue weighted by Gasteiger charge is -2.31. The van der Waals surface area contributed by atoms with Crippen LogP contribution < -0.4 is 4.74 Å². The zero-order chi connectivity index (χ0) is 16.3. The van der Waals surface area contributed by atoms with Crippen LogP contribution in [0.25, 0.3) is 0 Å². The summed E-state index contributed by atoms with van der Waals surface area (Å²) in [6.45, 7) is -0.237. The van der Waals surface area contributed by atoms with Crippen LogP contribution in [0.1, 0.15) is 11.5 Å². The predicted molar refractivity (Wildman–Crippen MR) is 73.0 cm³/mol. The van der Waals surface area contributed by atoms with Gasteiger partial charge in [-0.05, 0) is 6.07 Å². The molecule has 1 aromatic rings. The van der Waals surface area contributed by atoms with Crippen LogP contribution in [0.4, 0.5) is 0 Å². The number of nitrogens with zero attached hydrogens (tertiary/aromatic N) is 1. The van der Waals surface area contributed by atoms with E-state index in [0.717, 1.165) is 14.2 Å². The highest BCUT2D eigenvalue weighted by atomic mass is 16.6. The van der Waals surface area contributed by atoms with E-state index in [-0.39, 0.29) is 6.61 Å². The Bertz CT molecular complexity index is 585. The van der Waals surface area contributed by atoms with Crippen molar-refractivity contribution in [3.8, 4) is 5.75 Å². The molecule has 1 aromatic carbocycles. The van der Waals surface area contributed by atoms with E-state index in [4.69, 9.17) is 4.74 Å². The third kappa shape index (κ3) is 2.72. The summed E-state index contributed by atoms with van der Waals surface area (Å²) in [5, 5.41) is 11.3. The van der Waals surface area contributed by atoms with Gasteiger partial charge in [0.25, 0.3) is 6.04 Å². The zero-order valence-corrected chi connectivity index (χ0v) is 12.1. The SMILES string of the molecule is COC(=O)C(C(=O)OC)C1c2ccccc2OCC1[N+](=O)[O-]. The molecule has 2 unspecified atom stereocenters. The van der Waals surface area contributed by atoms with Gasteiger partial charge in [-0.25, -0.2) is 0 Å². The monoisotopic (exact) mass is 309 g/mol. The van der Waals surface area contributed by atoms with E-state index in [1.165, 1.54) is 0 Å². The van der Waals surface area contributed by atoms with E-state index in [1.54, 1.807) is 24.3 Å². The third-order valence-corrected chi connectivity index (χ3v) is 3.64. The highest BCUT2D eigenvalue weighted by Gasteiger charge is 2.50. The van der Waals surface area contributed by atoms with Crippen LogP contribution in [0, 0.1) is 16.0 Å². The van der Waals surface area contributed by atoms with Gasteiger partial charge in [0.05, 0.1) is 20.1 Å². The van der Waals surface area contributed by atoms with Crippen molar-refractivity contribution in [3.63, 3.8) is 0 Å². The summed E-state index contributed by atoms with van der Waals surface area (Å²) in [4.78, 5) is 34.8. The lowest BCUT2D eigenvalue weighted by atomic mass is 9.79. The van der Waals surface area contributed by atoms with Crippen molar-refractivity contribution in [3.05, 3.63) is 39.9 Å². The number of fused-ring (bicyclic) bond motifs is 1. The van der Waals surface area contributed by atoms with Gasteiger partial charge in [0.1, 0.15) is 5.75 Å². The fourth-order valence-corrected chi connectivity index (χ4v) is 2.61. The molecule has 0 bridgehead atoms. The van der Waals surface area contributed by atoms with Gasteiger partial charge in [0, 0.05) is 10.5 Å². The molecule has 0 fully saturated rings. The maximum Gasteiger partial charge on any atom is 0.320 e. The smallest absolute Gasteiger partial charge is 0.320 e. The molecule has 0 amide bonds. The number of nitro groups is 1. The van der Waals surface area contributed by atoms with Crippen molar-refractivity contribution in [1.29, 1.82) is 0 Å². The normalized spacial score (nSPS) is 19.8. The zero-order valence-electron chi connectivity index (χ0n) is 12.1. The molecule has 0 saturated carbocycles. The van der Waals surface area contributed by atoms with Gasteiger partial charge in [-0.3, -0.25) is 19.7 Å². The first-order valence-electron chi connectivity index (χ1n) is 6.52. The van der Waals surface area contributed by atoms with E-state index >= 15 is 0 Å². The second-order valence-electron chi connectivity index (χ2n) is 4.75. The quantitative estimate of drug-likeness (QED) is 0.350. The van der Waals surface area contributed by atoms with Crippen molar-refractivity contribution in [2.24, 2.45) is 5.92 Å². The van der Waals surface area contributed by atoms with E-state index in [1.807, 2.05) is 0 Å². The molecule has 0 N–H and O–H groups in total. The molecule has 0 radical (unpaired) electrons. The molecular formula is C14H15NO7. The van der Waals surface area contributed by atoms with Crippen LogP contribution in [-0.4, -0.2) is 43.7 Å². The summed E-state index contributed by atoms with van der Waals surface area (Å²) >= 11 is 0. The first kappa shape index (κ1) is 15.7. The maximum absolute atomic E-state index is 12.0. The summed E-state index contributed by atoms with van der Waals surface area (Å²) < 4.78 is 14.6. The van der Waals surface area contributed by atoms with Crippen molar-refractivity contribution in [1.82, 2.24) is 0 Å². The van der Waals surface area contributed by atoms with Crippen molar-refractivity contribution < 1.29 is 28.7 Å². The minimum absolute atomic E-state index is 0.237. The fraction of sp³-hybridized carbons (Fsp3) is 0.429. The number of carbonyl (C=O) groups excluding carboxylic acids is 2. The Morgan fingerprint density at radius 3 is 2.41 bits per heavy atom. The van der Waals surface area contributed by atoms with E-state index in [9.17, 15) is 19.7 Å². The number of carbonyl (C=O) groups is 2. The van der Waals surface area contributed by atoms with Gasteiger partial charge >= 0.3 is 11.9 Å². The Hall–Kier alpha value is -2.64. The second-order valence-corrected chi connectivity index (χ2v) is 4.75. The Kier molecular flexibility index (Phi) is 4.59. The van der Waals surface area contributed by atoms with Crippen LogP contribution >= 0.6 is 0 Å². The van der Waals surface area contributed by atoms with E-state index in [0.29, 0.717) is 11.3 Å². The first-order valence-corrected chi connectivity index (χ1v) is 6.52. The van der Waals surface area contributed by atoms with Gasteiger partial charge < -0.3 is 14.2 Å². The minimum Gasteiger partial charge on any atom is -0.486 e. The minimum atomic E-state index is -1.42. The van der Waals surface area contributed by atoms with Crippen LogP contribution in [0.15, 0.2) is 24.3 Å². The van der Waals surface area contributed by atoms with Crippen molar-refractivity contribution in [2.45, 2.75) is 12.0 Å². The molecule has 0 aliphatic carbocycles. The number of para-hydroxylation sites is 1. The molecule has 118 valence electrons. The fourth-order valence-electron chi connectivity index (χ4n) is 2.61. The Morgan fingerprint density at radius 2 is 1.86 bits per heavy atom. The number of ether oxygens (including phenoxy) is 3. The highest BCUT2D eigenvalue weighted by molar-refractivity contribution is 5.96. The number of rotatable bonds is 4. The summed E-state index contributed by atoms with van der Waals surface area (Å²) in [5.74, 6) is -3.78. The summed E-state index contributed by atoms with van der Waals surface area (Å²) in [5.41, 5.74) is 0.413. The van der Waals surface area contributed by atoms with Crippen LogP contribution in [0.2, 0.25) is 0 Å². The standard InChI is InChI=1S/C14H15NO7/c1-20-13(16)12(14(17)21-2)11-8-5-3-4-6-10(8)22-7-9(11)15(18)19/h3-6,9,11-12H,7H2,1-2H3. The summed E-state index contributed by atoms with van der Waals surface area (Å²) in [6.07, 6.45) is 0. The maximum atomic E-state index is 12.0. The topological polar surface area (TPSA) is 105 Å². The molecule has 0 saturated heterocycles. The van der Waals surface area contributed by atoms with Gasteiger partial charge in [0.15, 0.2) is 12.5 Å². The van der Waals surface area contributed by atoms with Crippen LogP contribution in [0.5, 0.6) is 5.75 Å². The summed E-state index contributed by atoms with van der Waals surface area (Å²) in [7, 11) is 2.23. The molecule has 2 atom stereocenters. The predicted octanol–water partition coefficient (Wildman–Crippen LogP) is 0.770. The van der Waals surface area contributed by atoms with E-state index in [2.05, 4.69) is 9.47 Å².